The van der Waals surface area contributed by atoms with Gasteiger partial charge in [-0.2, -0.15) is 13.2 Å². The Kier molecular flexibility index (Phi) is 6.01. The van der Waals surface area contributed by atoms with Crippen molar-refractivity contribution in [1.82, 2.24) is 4.98 Å². The van der Waals surface area contributed by atoms with Gasteiger partial charge in [0.2, 0.25) is 0 Å². The Bertz CT molecular complexity index is 842. The quantitative estimate of drug-likeness (QED) is 0.285. The van der Waals surface area contributed by atoms with Crippen molar-refractivity contribution in [1.29, 1.82) is 0 Å². The first-order valence-electron chi connectivity index (χ1n) is 6.19. The molecule has 0 bridgehead atoms. The topological polar surface area (TPSA) is 39.2 Å². The molecule has 134 valence electrons. The zero-order valence-corrected chi connectivity index (χ0v) is 15.7. The van der Waals surface area contributed by atoms with Crippen molar-refractivity contribution in [3.63, 3.8) is 0 Å². The Morgan fingerprint density at radius 1 is 0.960 bits per heavy atom. The predicted molar refractivity (Wildman–Crippen MR) is 91.1 cm³/mol. The van der Waals surface area contributed by atoms with Crippen LogP contribution in [0.2, 0.25) is 25.1 Å². The van der Waals surface area contributed by atoms with Crippen LogP contribution in [-0.2, 0) is 10.9 Å². The van der Waals surface area contributed by atoms with Gasteiger partial charge >= 0.3 is 12.1 Å². The summed E-state index contributed by atoms with van der Waals surface area (Å²) in [7, 11) is 0.947. The van der Waals surface area contributed by atoms with Crippen molar-refractivity contribution < 1.29 is 22.7 Å². The highest BCUT2D eigenvalue weighted by Crippen LogP contribution is 2.48. The minimum atomic E-state index is -4.93. The van der Waals surface area contributed by atoms with Crippen molar-refractivity contribution in [2.24, 2.45) is 0 Å². The number of pyridine rings is 1. The number of esters is 1. The maximum absolute atomic E-state index is 13.3. The molecule has 0 atom stereocenters. The maximum Gasteiger partial charge on any atom is 0.434 e. The summed E-state index contributed by atoms with van der Waals surface area (Å²) in [5, 5.41) is -0.996. The highest BCUT2D eigenvalue weighted by atomic mass is 35.5. The Labute approximate surface area is 164 Å². The number of carbonyl (C=O) groups is 1. The number of methoxy groups -OCH3 is 1. The molecule has 0 N–H and O–H groups in total. The van der Waals surface area contributed by atoms with Crippen LogP contribution < -0.4 is 0 Å². The summed E-state index contributed by atoms with van der Waals surface area (Å²) in [5.41, 5.74) is -2.68. The Hall–Kier alpha value is -0.920. The molecule has 0 radical (unpaired) electrons. The average Bonchev–Trinajstić information content (AvgIpc) is 2.56. The molecule has 2 rings (SSSR count). The number of halogens is 8. The van der Waals surface area contributed by atoms with Gasteiger partial charge in [0.25, 0.3) is 0 Å². The van der Waals surface area contributed by atoms with Gasteiger partial charge in [-0.15, -0.1) is 0 Å². The number of benzene rings is 1. The Morgan fingerprint density at radius 2 is 1.44 bits per heavy atom. The summed E-state index contributed by atoms with van der Waals surface area (Å²) in [6, 6.07) is 2.00. The van der Waals surface area contributed by atoms with Gasteiger partial charge in [-0.05, 0) is 12.1 Å². The molecule has 2 aromatic rings. The van der Waals surface area contributed by atoms with E-state index in [2.05, 4.69) is 9.72 Å². The monoisotopic (exact) mass is 451 g/mol. The van der Waals surface area contributed by atoms with E-state index in [1.807, 2.05) is 0 Å². The van der Waals surface area contributed by atoms with Crippen LogP contribution >= 0.6 is 58.0 Å². The van der Waals surface area contributed by atoms with E-state index in [1.165, 1.54) is 0 Å². The first-order valence-corrected chi connectivity index (χ1v) is 8.08. The minimum absolute atomic E-state index is 0.148. The molecule has 0 spiro atoms. The Morgan fingerprint density at radius 3 is 1.88 bits per heavy atom. The van der Waals surface area contributed by atoms with Gasteiger partial charge in [-0.1, -0.05) is 58.0 Å². The third-order valence-corrected chi connectivity index (χ3v) is 5.31. The number of ether oxygens (including phenoxy) is 1. The van der Waals surface area contributed by atoms with Crippen LogP contribution in [0.25, 0.3) is 11.3 Å². The smallest absolute Gasteiger partial charge is 0.434 e. The first-order chi connectivity index (χ1) is 11.5. The van der Waals surface area contributed by atoms with E-state index in [-0.39, 0.29) is 36.4 Å². The molecule has 0 saturated heterocycles. The number of nitrogens with zero attached hydrogens (tertiary/aromatic N) is 1. The zero-order chi connectivity index (χ0) is 19.1. The molecule has 0 aliphatic carbocycles. The minimum Gasteiger partial charge on any atom is -0.465 e. The fourth-order valence-corrected chi connectivity index (χ4v) is 3.25. The molecular formula is C14H5Cl5F3NO2. The van der Waals surface area contributed by atoms with Crippen molar-refractivity contribution in [3.8, 4) is 11.3 Å². The molecule has 0 unspecified atom stereocenters. The first kappa shape index (κ1) is 20.4. The highest BCUT2D eigenvalue weighted by molar-refractivity contribution is 6.56. The van der Waals surface area contributed by atoms with Crippen LogP contribution in [0.3, 0.4) is 0 Å². The van der Waals surface area contributed by atoms with Crippen molar-refractivity contribution >= 4 is 64.0 Å². The second-order valence-corrected chi connectivity index (χ2v) is 6.42. The standard InChI is InChI=1S/C14H5Cl5F3NO2/c1-25-13(24)4-2-3-5(23-12(4)14(20,21)22)6-7(15)9(17)11(19)10(18)8(6)16/h2-3H,1H3. The van der Waals surface area contributed by atoms with Crippen molar-refractivity contribution in [2.45, 2.75) is 6.18 Å². The van der Waals surface area contributed by atoms with E-state index in [0.717, 1.165) is 19.2 Å². The predicted octanol–water partition coefficient (Wildman–Crippen LogP) is 6.82. The van der Waals surface area contributed by atoms with Gasteiger partial charge in [0.05, 0.1) is 43.5 Å². The number of hydrogen-bond donors (Lipinski definition) is 0. The van der Waals surface area contributed by atoms with Crippen molar-refractivity contribution in [2.75, 3.05) is 7.11 Å². The van der Waals surface area contributed by atoms with E-state index >= 15 is 0 Å². The molecule has 1 aromatic heterocycles. The molecule has 3 nitrogen and oxygen atoms in total. The van der Waals surface area contributed by atoms with Crippen LogP contribution in [-0.4, -0.2) is 18.1 Å². The van der Waals surface area contributed by atoms with Crippen LogP contribution in [0.4, 0.5) is 13.2 Å². The lowest BCUT2D eigenvalue weighted by atomic mass is 10.1. The van der Waals surface area contributed by atoms with Crippen LogP contribution in [0.1, 0.15) is 16.1 Å². The number of hydrogen-bond acceptors (Lipinski definition) is 3. The number of alkyl halides is 3. The van der Waals surface area contributed by atoms with Gasteiger partial charge in [0, 0.05) is 5.56 Å². The van der Waals surface area contributed by atoms with Crippen LogP contribution in [0, 0.1) is 0 Å². The molecule has 0 aliphatic heterocycles. The molecule has 0 amide bonds. The van der Waals surface area contributed by atoms with Gasteiger partial charge in [0.15, 0.2) is 5.69 Å². The molecule has 11 heteroatoms. The lowest BCUT2D eigenvalue weighted by Gasteiger charge is -2.15. The lowest BCUT2D eigenvalue weighted by molar-refractivity contribution is -0.141. The summed E-state index contributed by atoms with van der Waals surface area (Å²) >= 11 is 29.7. The third-order valence-electron chi connectivity index (χ3n) is 3.04. The van der Waals surface area contributed by atoms with E-state index in [1.54, 1.807) is 0 Å². The largest absolute Gasteiger partial charge is 0.465 e. The summed E-state index contributed by atoms with van der Waals surface area (Å²) in [4.78, 5) is 15.0. The van der Waals surface area contributed by atoms with E-state index in [4.69, 9.17) is 58.0 Å². The molecule has 0 fully saturated rings. The number of aromatic nitrogens is 1. The molecule has 25 heavy (non-hydrogen) atoms. The normalized spacial score (nSPS) is 11.6. The molecule has 0 saturated carbocycles. The van der Waals surface area contributed by atoms with Crippen molar-refractivity contribution in [3.05, 3.63) is 48.5 Å². The summed E-state index contributed by atoms with van der Waals surface area (Å²) < 4.78 is 44.1. The van der Waals surface area contributed by atoms with Gasteiger partial charge in [0.1, 0.15) is 0 Å². The van der Waals surface area contributed by atoms with Crippen LogP contribution in [0.5, 0.6) is 0 Å². The molecule has 1 heterocycles. The van der Waals surface area contributed by atoms with E-state index < -0.39 is 23.4 Å². The van der Waals surface area contributed by atoms with Gasteiger partial charge < -0.3 is 4.74 Å². The lowest BCUT2D eigenvalue weighted by Crippen LogP contribution is -2.17. The fourth-order valence-electron chi connectivity index (χ4n) is 1.92. The molecular weight excluding hydrogens is 448 g/mol. The number of rotatable bonds is 2. The van der Waals surface area contributed by atoms with E-state index in [9.17, 15) is 18.0 Å². The van der Waals surface area contributed by atoms with Gasteiger partial charge in [-0.3, -0.25) is 0 Å². The fraction of sp³-hybridized carbons (Fsp3) is 0.143. The zero-order valence-electron chi connectivity index (χ0n) is 11.9. The SMILES string of the molecule is COC(=O)c1ccc(-c2c(Cl)c(Cl)c(Cl)c(Cl)c2Cl)nc1C(F)(F)F. The Balaban J connectivity index is 2.81. The second-order valence-electron chi connectivity index (χ2n) is 4.53. The van der Waals surface area contributed by atoms with E-state index in [0.29, 0.717) is 0 Å². The van der Waals surface area contributed by atoms with Gasteiger partial charge in [-0.25, -0.2) is 9.78 Å². The maximum atomic E-state index is 13.3. The highest BCUT2D eigenvalue weighted by Gasteiger charge is 2.38. The third kappa shape index (κ3) is 3.78. The van der Waals surface area contributed by atoms with Crippen LogP contribution in [0.15, 0.2) is 12.1 Å². The summed E-state index contributed by atoms with van der Waals surface area (Å²) in [6.45, 7) is 0. The summed E-state index contributed by atoms with van der Waals surface area (Å²) in [5.74, 6) is -1.20. The summed E-state index contributed by atoms with van der Waals surface area (Å²) in [6.07, 6.45) is -4.93. The average molecular weight is 453 g/mol. The molecule has 0 aliphatic rings. The second kappa shape index (κ2) is 7.37. The molecule has 1 aromatic carbocycles. The number of carbonyl (C=O) groups excluding carboxylic acids is 1.